The first-order chi connectivity index (χ1) is 11.8. The number of hydrogen-bond donors (Lipinski definition) is 3. The van der Waals surface area contributed by atoms with Crippen LogP contribution in [0.2, 0.25) is 0 Å². The van der Waals surface area contributed by atoms with E-state index in [1.807, 2.05) is 0 Å². The predicted molar refractivity (Wildman–Crippen MR) is 98.3 cm³/mol. The van der Waals surface area contributed by atoms with Gasteiger partial charge in [0.05, 0.1) is 10.1 Å². The molecule has 1 aromatic carbocycles. The third kappa shape index (κ3) is 5.14. The van der Waals surface area contributed by atoms with Crippen molar-refractivity contribution < 1.29 is 13.2 Å². The van der Waals surface area contributed by atoms with E-state index in [1.54, 1.807) is 6.92 Å². The van der Waals surface area contributed by atoms with Gasteiger partial charge in [0.15, 0.2) is 4.34 Å². The number of aromatic nitrogens is 2. The fourth-order valence-corrected chi connectivity index (χ4v) is 4.38. The Morgan fingerprint density at radius 2 is 2.00 bits per heavy atom. The van der Waals surface area contributed by atoms with Crippen LogP contribution < -0.4 is 15.8 Å². The van der Waals surface area contributed by atoms with Crippen molar-refractivity contribution >= 4 is 49.8 Å². The molecule has 25 heavy (non-hydrogen) atoms. The number of hydrogen-bond acceptors (Lipinski definition) is 8. The van der Waals surface area contributed by atoms with Crippen molar-refractivity contribution in [2.75, 3.05) is 10.6 Å². The molecule has 0 saturated heterocycles. The lowest BCUT2D eigenvalue weighted by atomic mass is 10.3. The molecule has 1 aromatic heterocycles. The minimum atomic E-state index is -3.74. The number of thioether (sulfide) groups is 1. The Morgan fingerprint density at radius 3 is 2.60 bits per heavy atom. The second kappa shape index (κ2) is 7.28. The van der Waals surface area contributed by atoms with Crippen molar-refractivity contribution in [1.82, 2.24) is 10.2 Å². The van der Waals surface area contributed by atoms with Gasteiger partial charge in [-0.25, -0.2) is 13.6 Å². The number of amides is 1. The first-order valence-electron chi connectivity index (χ1n) is 7.52. The lowest BCUT2D eigenvalue weighted by Gasteiger charge is -2.10. The van der Waals surface area contributed by atoms with Crippen LogP contribution in [0.15, 0.2) is 33.5 Å². The quantitative estimate of drug-likeness (QED) is 0.607. The van der Waals surface area contributed by atoms with Crippen LogP contribution in [0, 0.1) is 0 Å². The molecule has 1 amide bonds. The van der Waals surface area contributed by atoms with E-state index in [0.717, 1.165) is 22.3 Å². The molecule has 0 aliphatic heterocycles. The van der Waals surface area contributed by atoms with Gasteiger partial charge in [0.1, 0.15) is 0 Å². The Labute approximate surface area is 153 Å². The highest BCUT2D eigenvalue weighted by Gasteiger charge is 2.23. The number of primary sulfonamides is 1. The predicted octanol–water partition coefficient (Wildman–Crippen LogP) is 1.88. The number of carbonyl (C=O) groups excluding carboxylic acids is 1. The number of nitrogens with two attached hydrogens (primary N) is 1. The van der Waals surface area contributed by atoms with Crippen LogP contribution in [0.4, 0.5) is 10.8 Å². The molecular formula is C14H17N5O3S3. The Kier molecular flexibility index (Phi) is 5.27. The number of sulfonamides is 1. The van der Waals surface area contributed by atoms with Crippen LogP contribution in [0.3, 0.4) is 0 Å². The largest absolute Gasteiger partial charge is 0.357 e. The Balaban J connectivity index is 1.55. The molecule has 1 saturated carbocycles. The van der Waals surface area contributed by atoms with Crippen molar-refractivity contribution in [2.24, 2.45) is 5.14 Å². The number of nitrogens with one attached hydrogen (secondary N) is 2. The van der Waals surface area contributed by atoms with Crippen molar-refractivity contribution in [3.63, 3.8) is 0 Å². The maximum Gasteiger partial charge on any atom is 0.238 e. The zero-order valence-electron chi connectivity index (χ0n) is 13.3. The molecule has 3 rings (SSSR count). The third-order valence-corrected chi connectivity index (χ3v) is 6.38. The molecule has 134 valence electrons. The Bertz CT molecular complexity index is 862. The zero-order chi connectivity index (χ0) is 18.0. The summed E-state index contributed by atoms with van der Waals surface area (Å²) in [6.07, 6.45) is 2.32. The Hall–Kier alpha value is -1.69. The van der Waals surface area contributed by atoms with E-state index in [9.17, 15) is 13.2 Å². The summed E-state index contributed by atoms with van der Waals surface area (Å²) in [5, 5.41) is 19.6. The van der Waals surface area contributed by atoms with Crippen molar-refractivity contribution in [1.29, 1.82) is 0 Å². The number of rotatable bonds is 7. The zero-order valence-corrected chi connectivity index (χ0v) is 15.7. The minimum absolute atomic E-state index is 0.00234. The second-order valence-electron chi connectivity index (χ2n) is 5.61. The van der Waals surface area contributed by atoms with Crippen LogP contribution in [-0.4, -0.2) is 35.8 Å². The lowest BCUT2D eigenvalue weighted by molar-refractivity contribution is -0.115. The van der Waals surface area contributed by atoms with Gasteiger partial charge >= 0.3 is 0 Å². The maximum atomic E-state index is 12.3. The first kappa shape index (κ1) is 18.1. The molecular weight excluding hydrogens is 382 g/mol. The van der Waals surface area contributed by atoms with Gasteiger partial charge in [-0.15, -0.1) is 10.2 Å². The van der Waals surface area contributed by atoms with Gasteiger partial charge < -0.3 is 10.6 Å². The third-order valence-electron chi connectivity index (χ3n) is 3.41. The number of benzene rings is 1. The summed E-state index contributed by atoms with van der Waals surface area (Å²) in [7, 11) is -3.74. The van der Waals surface area contributed by atoms with Crippen molar-refractivity contribution in [2.45, 2.75) is 40.3 Å². The SMILES string of the molecule is C[C@@H](Sc1nnc(NC2CC2)s1)C(=O)Nc1ccc(S(N)(=O)=O)cc1. The molecule has 1 fully saturated rings. The average molecular weight is 400 g/mol. The van der Waals surface area contributed by atoms with Crippen molar-refractivity contribution in [3.05, 3.63) is 24.3 Å². The molecule has 4 N–H and O–H groups in total. The van der Waals surface area contributed by atoms with E-state index in [-0.39, 0.29) is 16.1 Å². The highest BCUT2D eigenvalue weighted by molar-refractivity contribution is 8.02. The summed E-state index contributed by atoms with van der Waals surface area (Å²) < 4.78 is 23.2. The smallest absolute Gasteiger partial charge is 0.238 e. The molecule has 0 unspecified atom stereocenters. The van der Waals surface area contributed by atoms with E-state index in [1.165, 1.54) is 47.4 Å². The van der Waals surface area contributed by atoms with Gasteiger partial charge in [0.25, 0.3) is 0 Å². The molecule has 1 heterocycles. The molecule has 1 aliphatic carbocycles. The number of anilines is 2. The molecule has 8 nitrogen and oxygen atoms in total. The molecule has 1 aliphatic rings. The van der Waals surface area contributed by atoms with Crippen LogP contribution in [0.1, 0.15) is 19.8 Å². The molecule has 1 atom stereocenters. The molecule has 2 aromatic rings. The van der Waals surface area contributed by atoms with Gasteiger partial charge in [-0.3, -0.25) is 4.79 Å². The fourth-order valence-electron chi connectivity index (χ4n) is 1.89. The molecule has 11 heteroatoms. The normalized spacial score (nSPS) is 15.6. The van der Waals surface area contributed by atoms with Gasteiger partial charge in [0, 0.05) is 11.7 Å². The number of nitrogens with zero attached hydrogens (tertiary/aromatic N) is 2. The van der Waals surface area contributed by atoms with Crippen LogP contribution >= 0.6 is 23.1 Å². The van der Waals surface area contributed by atoms with E-state index in [4.69, 9.17) is 5.14 Å². The molecule has 0 bridgehead atoms. The summed E-state index contributed by atoms with van der Waals surface area (Å²) in [6.45, 7) is 1.77. The Morgan fingerprint density at radius 1 is 1.32 bits per heavy atom. The van der Waals surface area contributed by atoms with E-state index in [0.29, 0.717) is 11.7 Å². The van der Waals surface area contributed by atoms with Gasteiger partial charge in [-0.05, 0) is 44.0 Å². The van der Waals surface area contributed by atoms with Crippen LogP contribution in [-0.2, 0) is 14.8 Å². The summed E-state index contributed by atoms with van der Waals surface area (Å²) in [4.78, 5) is 12.3. The van der Waals surface area contributed by atoms with E-state index >= 15 is 0 Å². The van der Waals surface area contributed by atoms with Crippen LogP contribution in [0.5, 0.6) is 0 Å². The molecule has 0 radical (unpaired) electrons. The topological polar surface area (TPSA) is 127 Å². The maximum absolute atomic E-state index is 12.3. The average Bonchev–Trinajstić information content (AvgIpc) is 3.25. The summed E-state index contributed by atoms with van der Waals surface area (Å²) >= 11 is 2.75. The highest BCUT2D eigenvalue weighted by Crippen LogP contribution is 2.32. The highest BCUT2D eigenvalue weighted by atomic mass is 32.2. The van der Waals surface area contributed by atoms with Crippen molar-refractivity contribution in [3.8, 4) is 0 Å². The minimum Gasteiger partial charge on any atom is -0.357 e. The monoisotopic (exact) mass is 399 g/mol. The summed E-state index contributed by atoms with van der Waals surface area (Å²) in [5.41, 5.74) is 0.498. The first-order valence-corrected chi connectivity index (χ1v) is 10.8. The molecule has 0 spiro atoms. The van der Waals surface area contributed by atoms with Gasteiger partial charge in [-0.1, -0.05) is 23.1 Å². The van der Waals surface area contributed by atoms with Crippen LogP contribution in [0.25, 0.3) is 0 Å². The lowest BCUT2D eigenvalue weighted by Crippen LogP contribution is -2.22. The van der Waals surface area contributed by atoms with E-state index in [2.05, 4.69) is 20.8 Å². The second-order valence-corrected chi connectivity index (χ2v) is 9.74. The summed E-state index contributed by atoms with van der Waals surface area (Å²) in [5.74, 6) is -0.208. The summed E-state index contributed by atoms with van der Waals surface area (Å²) in [6, 6.07) is 6.20. The van der Waals surface area contributed by atoms with Gasteiger partial charge in [0.2, 0.25) is 21.1 Å². The van der Waals surface area contributed by atoms with E-state index < -0.39 is 10.0 Å². The standard InChI is InChI=1S/C14H17N5O3S3/c1-8(23-14-19-18-13(24-14)17-10-2-3-10)12(20)16-9-4-6-11(7-5-9)25(15,21)22/h4-8,10H,2-3H2,1H3,(H,16,20)(H,17,18)(H2,15,21,22)/t8-/m1/s1. The number of carbonyl (C=O) groups is 1. The van der Waals surface area contributed by atoms with Gasteiger partial charge in [-0.2, -0.15) is 0 Å². The fraction of sp³-hybridized carbons (Fsp3) is 0.357.